The second-order valence-corrected chi connectivity index (χ2v) is 5.52. The molecule has 0 radical (unpaired) electrons. The van der Waals surface area contributed by atoms with Crippen molar-refractivity contribution in [1.29, 1.82) is 0 Å². The molecule has 20 heavy (non-hydrogen) atoms. The summed E-state index contributed by atoms with van der Waals surface area (Å²) in [6.45, 7) is 1.78. The Morgan fingerprint density at radius 3 is 2.70 bits per heavy atom. The van der Waals surface area contributed by atoms with Crippen LogP contribution >= 0.6 is 11.3 Å². The Hall–Kier alpha value is -2.15. The summed E-state index contributed by atoms with van der Waals surface area (Å²) in [4.78, 5) is 18.2. The van der Waals surface area contributed by atoms with E-state index in [0.717, 1.165) is 16.9 Å². The van der Waals surface area contributed by atoms with E-state index in [1.165, 1.54) is 12.1 Å². The molecule has 0 aliphatic carbocycles. The number of nitrogen functional groups attached to an aromatic ring is 1. The molecule has 0 saturated carbocycles. The van der Waals surface area contributed by atoms with Gasteiger partial charge < -0.3 is 16.0 Å². The van der Waals surface area contributed by atoms with Crippen LogP contribution in [0.15, 0.2) is 18.2 Å². The lowest BCUT2D eigenvalue weighted by Gasteiger charge is -2.06. The van der Waals surface area contributed by atoms with Gasteiger partial charge in [-0.3, -0.25) is 4.79 Å². The minimum atomic E-state index is -0.478. The SMILES string of the molecule is Cc1ccc(NC(=O)c2sc(N(C)C)nc2N)c(F)c1. The average Bonchev–Trinajstić information content (AvgIpc) is 2.75. The smallest absolute Gasteiger partial charge is 0.269 e. The van der Waals surface area contributed by atoms with Crippen molar-refractivity contribution in [3.8, 4) is 0 Å². The maximum atomic E-state index is 13.7. The van der Waals surface area contributed by atoms with Crippen molar-refractivity contribution in [2.45, 2.75) is 6.92 Å². The number of rotatable bonds is 3. The minimum absolute atomic E-state index is 0.125. The predicted octanol–water partition coefficient (Wildman–Crippen LogP) is 2.49. The molecule has 0 bridgehead atoms. The Morgan fingerprint density at radius 2 is 2.15 bits per heavy atom. The molecular formula is C13H15FN4OS. The number of carbonyl (C=O) groups is 1. The van der Waals surface area contributed by atoms with Gasteiger partial charge in [0.15, 0.2) is 5.13 Å². The van der Waals surface area contributed by atoms with E-state index in [9.17, 15) is 9.18 Å². The van der Waals surface area contributed by atoms with Crippen LogP contribution in [0.3, 0.4) is 0 Å². The standard InChI is InChI=1S/C13H15FN4OS/c1-7-4-5-9(8(14)6-7)16-12(19)10-11(15)17-13(20-10)18(2)3/h4-6H,15H2,1-3H3,(H,16,19). The highest BCUT2D eigenvalue weighted by atomic mass is 32.1. The van der Waals surface area contributed by atoms with E-state index in [2.05, 4.69) is 10.3 Å². The molecule has 7 heteroatoms. The van der Waals surface area contributed by atoms with E-state index >= 15 is 0 Å². The molecule has 1 heterocycles. The molecule has 1 amide bonds. The molecule has 0 unspecified atom stereocenters. The minimum Gasteiger partial charge on any atom is -0.382 e. The maximum Gasteiger partial charge on any atom is 0.269 e. The van der Waals surface area contributed by atoms with Crippen LogP contribution in [0.2, 0.25) is 0 Å². The Morgan fingerprint density at radius 1 is 1.45 bits per heavy atom. The van der Waals surface area contributed by atoms with Crippen LogP contribution in [-0.2, 0) is 0 Å². The number of hydrogen-bond donors (Lipinski definition) is 2. The van der Waals surface area contributed by atoms with E-state index in [4.69, 9.17) is 5.73 Å². The number of anilines is 3. The molecule has 5 nitrogen and oxygen atoms in total. The van der Waals surface area contributed by atoms with Gasteiger partial charge in [0.05, 0.1) is 5.69 Å². The molecule has 1 aromatic carbocycles. The summed E-state index contributed by atoms with van der Waals surface area (Å²) < 4.78 is 13.7. The van der Waals surface area contributed by atoms with E-state index in [-0.39, 0.29) is 16.4 Å². The molecule has 0 saturated heterocycles. The third-order valence-corrected chi connectivity index (χ3v) is 3.84. The first-order valence-corrected chi connectivity index (χ1v) is 6.71. The number of benzene rings is 1. The largest absolute Gasteiger partial charge is 0.382 e. The third kappa shape index (κ3) is 2.88. The number of amides is 1. The number of carbonyl (C=O) groups excluding carboxylic acids is 1. The first-order chi connectivity index (χ1) is 9.38. The fourth-order valence-corrected chi connectivity index (χ4v) is 2.38. The lowest BCUT2D eigenvalue weighted by atomic mass is 10.2. The van der Waals surface area contributed by atoms with Crippen LogP contribution in [-0.4, -0.2) is 25.0 Å². The molecule has 0 spiro atoms. The molecule has 0 aliphatic heterocycles. The fraction of sp³-hybridized carbons (Fsp3) is 0.231. The molecule has 0 aliphatic rings. The molecule has 106 valence electrons. The first kappa shape index (κ1) is 14.3. The van der Waals surface area contributed by atoms with Gasteiger partial charge in [-0.25, -0.2) is 9.37 Å². The first-order valence-electron chi connectivity index (χ1n) is 5.89. The Balaban J connectivity index is 2.24. The van der Waals surface area contributed by atoms with E-state index in [1.807, 2.05) is 0 Å². The van der Waals surface area contributed by atoms with Crippen LogP contribution in [0, 0.1) is 12.7 Å². The van der Waals surface area contributed by atoms with Gasteiger partial charge in [0, 0.05) is 14.1 Å². The van der Waals surface area contributed by atoms with Crippen LogP contribution in [0.25, 0.3) is 0 Å². The molecule has 0 atom stereocenters. The molecule has 3 N–H and O–H groups in total. The van der Waals surface area contributed by atoms with Gasteiger partial charge in [-0.2, -0.15) is 0 Å². The number of halogens is 1. The number of aryl methyl sites for hydroxylation is 1. The van der Waals surface area contributed by atoms with Crippen LogP contribution in [0.5, 0.6) is 0 Å². The normalized spacial score (nSPS) is 10.4. The molecule has 0 fully saturated rings. The zero-order valence-electron chi connectivity index (χ0n) is 11.4. The quantitative estimate of drug-likeness (QED) is 0.912. The molecule has 2 rings (SSSR count). The summed E-state index contributed by atoms with van der Waals surface area (Å²) in [6.07, 6.45) is 0. The summed E-state index contributed by atoms with van der Waals surface area (Å²) in [5.41, 5.74) is 6.62. The Bertz CT molecular complexity index is 654. The summed E-state index contributed by atoms with van der Waals surface area (Å²) in [5.74, 6) is -0.797. The van der Waals surface area contributed by atoms with Gasteiger partial charge in [-0.1, -0.05) is 17.4 Å². The topological polar surface area (TPSA) is 71.2 Å². The van der Waals surface area contributed by atoms with Crippen LogP contribution in [0.4, 0.5) is 21.0 Å². The lowest BCUT2D eigenvalue weighted by Crippen LogP contribution is -2.13. The number of hydrogen-bond acceptors (Lipinski definition) is 5. The second-order valence-electron chi connectivity index (χ2n) is 4.54. The van der Waals surface area contributed by atoms with Crippen molar-refractivity contribution in [2.24, 2.45) is 0 Å². The van der Waals surface area contributed by atoms with Gasteiger partial charge in [-0.05, 0) is 24.6 Å². The number of nitrogens with zero attached hydrogens (tertiary/aromatic N) is 2. The van der Waals surface area contributed by atoms with Gasteiger partial charge in [0.2, 0.25) is 0 Å². The molecule has 1 aromatic heterocycles. The monoisotopic (exact) mass is 294 g/mol. The van der Waals surface area contributed by atoms with Gasteiger partial charge in [0.25, 0.3) is 5.91 Å². The van der Waals surface area contributed by atoms with E-state index in [0.29, 0.717) is 5.13 Å². The van der Waals surface area contributed by atoms with Gasteiger partial charge >= 0.3 is 0 Å². The van der Waals surface area contributed by atoms with Crippen LogP contribution in [0.1, 0.15) is 15.2 Å². The zero-order valence-corrected chi connectivity index (χ0v) is 12.2. The van der Waals surface area contributed by atoms with Crippen molar-refractivity contribution < 1.29 is 9.18 Å². The third-order valence-electron chi connectivity index (χ3n) is 2.60. The Kier molecular flexibility index (Phi) is 3.89. The lowest BCUT2D eigenvalue weighted by molar-refractivity contribution is 0.103. The molecular weight excluding hydrogens is 279 g/mol. The van der Waals surface area contributed by atoms with Crippen molar-refractivity contribution in [3.63, 3.8) is 0 Å². The molecule has 2 aromatic rings. The summed E-state index contributed by atoms with van der Waals surface area (Å²) in [6, 6.07) is 4.60. The Labute approximate surface area is 120 Å². The summed E-state index contributed by atoms with van der Waals surface area (Å²) >= 11 is 1.16. The average molecular weight is 294 g/mol. The van der Waals surface area contributed by atoms with Crippen molar-refractivity contribution in [3.05, 3.63) is 34.5 Å². The van der Waals surface area contributed by atoms with Crippen molar-refractivity contribution in [2.75, 3.05) is 30.0 Å². The highest BCUT2D eigenvalue weighted by Gasteiger charge is 2.18. The summed E-state index contributed by atoms with van der Waals surface area (Å²) in [7, 11) is 3.61. The fourth-order valence-electron chi connectivity index (χ4n) is 1.57. The number of nitrogens with two attached hydrogens (primary N) is 1. The second kappa shape index (κ2) is 5.46. The highest BCUT2D eigenvalue weighted by Crippen LogP contribution is 2.28. The number of aromatic nitrogens is 1. The van der Waals surface area contributed by atoms with Crippen molar-refractivity contribution in [1.82, 2.24) is 4.98 Å². The van der Waals surface area contributed by atoms with Gasteiger partial charge in [0.1, 0.15) is 16.5 Å². The number of thiazole rings is 1. The van der Waals surface area contributed by atoms with Crippen molar-refractivity contribution >= 4 is 33.9 Å². The van der Waals surface area contributed by atoms with E-state index < -0.39 is 11.7 Å². The van der Waals surface area contributed by atoms with Crippen LogP contribution < -0.4 is 16.0 Å². The number of nitrogens with one attached hydrogen (secondary N) is 1. The van der Waals surface area contributed by atoms with Gasteiger partial charge in [-0.15, -0.1) is 0 Å². The summed E-state index contributed by atoms with van der Waals surface area (Å²) in [5, 5.41) is 3.13. The highest BCUT2D eigenvalue weighted by molar-refractivity contribution is 7.18. The van der Waals surface area contributed by atoms with E-state index in [1.54, 1.807) is 32.0 Å². The zero-order chi connectivity index (χ0) is 14.9. The predicted molar refractivity (Wildman–Crippen MR) is 79.9 cm³/mol. The maximum absolute atomic E-state index is 13.7.